The lowest BCUT2D eigenvalue weighted by molar-refractivity contribution is 0.540. The first-order valence-corrected chi connectivity index (χ1v) is 6.95. The number of benzene rings is 2. The van der Waals surface area contributed by atoms with Gasteiger partial charge in [0.05, 0.1) is 6.04 Å². The van der Waals surface area contributed by atoms with Gasteiger partial charge in [-0.3, -0.25) is 0 Å². The van der Waals surface area contributed by atoms with Crippen LogP contribution in [0.1, 0.15) is 29.7 Å². The van der Waals surface area contributed by atoms with Crippen LogP contribution in [0.2, 0.25) is 5.02 Å². The number of hydrogen-bond donors (Lipinski definition) is 1. The van der Waals surface area contributed by atoms with Gasteiger partial charge in [0.2, 0.25) is 0 Å². The molecule has 0 aliphatic heterocycles. The highest BCUT2D eigenvalue weighted by molar-refractivity contribution is 6.31. The molecular weight excluding hydrogens is 299 g/mol. The second-order valence-electron chi connectivity index (χ2n) is 4.78. The van der Waals surface area contributed by atoms with E-state index in [-0.39, 0.29) is 10.6 Å². The molecule has 2 aromatic carbocycles. The molecule has 1 unspecified atom stereocenters. The molecule has 0 saturated heterocycles. The fraction of sp³-hybridized carbons (Fsp3) is 0.250. The van der Waals surface area contributed by atoms with Gasteiger partial charge in [0, 0.05) is 16.7 Å². The monoisotopic (exact) mass is 313 g/mol. The summed E-state index contributed by atoms with van der Waals surface area (Å²) in [6.07, 6.45) is 0. The van der Waals surface area contributed by atoms with E-state index in [2.05, 4.69) is 5.32 Å². The summed E-state index contributed by atoms with van der Waals surface area (Å²) in [7, 11) is 0. The summed E-state index contributed by atoms with van der Waals surface area (Å²) in [5, 5.41) is 3.30. The topological polar surface area (TPSA) is 12.0 Å². The lowest BCUT2D eigenvalue weighted by Crippen LogP contribution is -2.23. The summed E-state index contributed by atoms with van der Waals surface area (Å²) >= 11 is 6.09. The van der Waals surface area contributed by atoms with Crippen LogP contribution >= 0.6 is 11.6 Å². The van der Waals surface area contributed by atoms with Crippen molar-refractivity contribution in [2.75, 3.05) is 6.54 Å². The smallest absolute Gasteiger partial charge is 0.131 e. The average molecular weight is 314 g/mol. The average Bonchev–Trinajstić information content (AvgIpc) is 2.41. The third-order valence-corrected chi connectivity index (χ3v) is 3.60. The second kappa shape index (κ2) is 6.50. The molecule has 0 saturated carbocycles. The Balaban J connectivity index is 2.55. The molecule has 2 rings (SSSR count). The van der Waals surface area contributed by atoms with Gasteiger partial charge in [-0.1, -0.05) is 24.6 Å². The maximum Gasteiger partial charge on any atom is 0.131 e. The highest BCUT2D eigenvalue weighted by Crippen LogP contribution is 2.31. The molecule has 2 aromatic rings. The highest BCUT2D eigenvalue weighted by Gasteiger charge is 2.21. The van der Waals surface area contributed by atoms with Crippen molar-refractivity contribution in [3.05, 3.63) is 69.5 Å². The van der Waals surface area contributed by atoms with Gasteiger partial charge < -0.3 is 5.32 Å². The number of hydrogen-bond acceptors (Lipinski definition) is 1. The standard InChI is InChI=1S/C16H15ClF3N/c1-3-21-16(11-5-4-10(18)7-15(11)20)12-6-9(2)14(19)8-13(12)17/h4-8,16,21H,3H2,1-2H3. The fourth-order valence-corrected chi connectivity index (χ4v) is 2.49. The Hall–Kier alpha value is -1.52. The van der Waals surface area contributed by atoms with E-state index in [1.165, 1.54) is 18.2 Å². The Bertz CT molecular complexity index is 658. The number of nitrogens with one attached hydrogen (secondary N) is 1. The summed E-state index contributed by atoms with van der Waals surface area (Å²) < 4.78 is 40.6. The Morgan fingerprint density at radius 3 is 2.38 bits per heavy atom. The molecule has 1 N–H and O–H groups in total. The van der Waals surface area contributed by atoms with E-state index in [0.717, 1.165) is 6.07 Å². The molecular formula is C16H15ClF3N. The third-order valence-electron chi connectivity index (χ3n) is 3.27. The molecule has 0 aliphatic carbocycles. The van der Waals surface area contributed by atoms with Crippen molar-refractivity contribution in [1.29, 1.82) is 0 Å². The van der Waals surface area contributed by atoms with Gasteiger partial charge in [-0.2, -0.15) is 0 Å². The first kappa shape index (κ1) is 15.9. The molecule has 0 aliphatic rings. The normalized spacial score (nSPS) is 12.5. The summed E-state index contributed by atoms with van der Waals surface area (Å²) in [4.78, 5) is 0. The van der Waals surface area contributed by atoms with E-state index in [1.807, 2.05) is 6.92 Å². The quantitative estimate of drug-likeness (QED) is 0.857. The van der Waals surface area contributed by atoms with Crippen molar-refractivity contribution in [3.63, 3.8) is 0 Å². The van der Waals surface area contributed by atoms with Crippen molar-refractivity contribution in [2.24, 2.45) is 0 Å². The molecule has 1 nitrogen and oxygen atoms in total. The first-order valence-electron chi connectivity index (χ1n) is 6.58. The molecule has 0 aromatic heterocycles. The molecule has 21 heavy (non-hydrogen) atoms. The fourth-order valence-electron chi connectivity index (χ4n) is 2.23. The minimum Gasteiger partial charge on any atom is -0.306 e. The molecule has 0 radical (unpaired) electrons. The summed E-state index contributed by atoms with van der Waals surface area (Å²) in [6.45, 7) is 4.02. The van der Waals surface area contributed by atoms with E-state index in [9.17, 15) is 13.2 Å². The van der Waals surface area contributed by atoms with E-state index in [0.29, 0.717) is 17.7 Å². The van der Waals surface area contributed by atoms with Crippen molar-refractivity contribution < 1.29 is 13.2 Å². The van der Waals surface area contributed by atoms with Crippen LogP contribution in [0.4, 0.5) is 13.2 Å². The maximum absolute atomic E-state index is 14.0. The molecule has 1 atom stereocenters. The predicted octanol–water partition coefficient (Wildman–Crippen LogP) is 4.76. The highest BCUT2D eigenvalue weighted by atomic mass is 35.5. The van der Waals surface area contributed by atoms with Gasteiger partial charge in [-0.25, -0.2) is 13.2 Å². The minimum atomic E-state index is -0.668. The van der Waals surface area contributed by atoms with Crippen LogP contribution in [-0.4, -0.2) is 6.54 Å². The first-order chi connectivity index (χ1) is 9.93. The lowest BCUT2D eigenvalue weighted by Gasteiger charge is -2.21. The zero-order valence-corrected chi connectivity index (χ0v) is 12.4. The van der Waals surface area contributed by atoms with Crippen molar-refractivity contribution >= 4 is 11.6 Å². The maximum atomic E-state index is 14.0. The lowest BCUT2D eigenvalue weighted by atomic mass is 9.96. The van der Waals surface area contributed by atoms with Crippen LogP contribution in [0.25, 0.3) is 0 Å². The predicted molar refractivity (Wildman–Crippen MR) is 78.0 cm³/mol. The molecule has 0 bridgehead atoms. The van der Waals surface area contributed by atoms with E-state index < -0.39 is 23.5 Å². The Kier molecular flexibility index (Phi) is 4.91. The van der Waals surface area contributed by atoms with Gasteiger partial charge in [0.25, 0.3) is 0 Å². The molecule has 112 valence electrons. The summed E-state index contributed by atoms with van der Waals surface area (Å²) in [6, 6.07) is 5.60. The van der Waals surface area contributed by atoms with E-state index >= 15 is 0 Å². The van der Waals surface area contributed by atoms with Crippen molar-refractivity contribution in [1.82, 2.24) is 5.32 Å². The molecule has 5 heteroatoms. The van der Waals surface area contributed by atoms with Crippen LogP contribution < -0.4 is 5.32 Å². The third kappa shape index (κ3) is 3.39. The summed E-state index contributed by atoms with van der Waals surface area (Å²) in [5.41, 5.74) is 1.24. The number of rotatable bonds is 4. The van der Waals surface area contributed by atoms with Crippen molar-refractivity contribution in [2.45, 2.75) is 19.9 Å². The minimum absolute atomic E-state index is 0.202. The summed E-state index contributed by atoms with van der Waals surface area (Å²) in [5.74, 6) is -1.73. The zero-order valence-electron chi connectivity index (χ0n) is 11.7. The molecule has 0 fully saturated rings. The molecule has 0 heterocycles. The number of aryl methyl sites for hydroxylation is 1. The number of halogens is 4. The van der Waals surface area contributed by atoms with Crippen LogP contribution in [0.15, 0.2) is 30.3 Å². The van der Waals surface area contributed by atoms with E-state index in [1.54, 1.807) is 13.0 Å². The van der Waals surface area contributed by atoms with Gasteiger partial charge in [-0.15, -0.1) is 0 Å². The Labute approximate surface area is 126 Å². The SMILES string of the molecule is CCNC(c1ccc(F)cc1F)c1cc(C)c(F)cc1Cl. The van der Waals surface area contributed by atoms with Crippen LogP contribution in [0.5, 0.6) is 0 Å². The van der Waals surface area contributed by atoms with Crippen LogP contribution in [-0.2, 0) is 0 Å². The Morgan fingerprint density at radius 1 is 1.05 bits per heavy atom. The van der Waals surface area contributed by atoms with Gasteiger partial charge in [0.1, 0.15) is 17.5 Å². The van der Waals surface area contributed by atoms with Crippen LogP contribution in [0, 0.1) is 24.4 Å². The molecule has 0 amide bonds. The zero-order chi connectivity index (χ0) is 15.6. The van der Waals surface area contributed by atoms with Crippen molar-refractivity contribution in [3.8, 4) is 0 Å². The molecule has 0 spiro atoms. The second-order valence-corrected chi connectivity index (χ2v) is 5.19. The Morgan fingerprint density at radius 2 is 1.76 bits per heavy atom. The van der Waals surface area contributed by atoms with Gasteiger partial charge >= 0.3 is 0 Å². The van der Waals surface area contributed by atoms with Gasteiger partial charge in [0.15, 0.2) is 0 Å². The van der Waals surface area contributed by atoms with E-state index in [4.69, 9.17) is 11.6 Å². The van der Waals surface area contributed by atoms with Gasteiger partial charge in [-0.05, 0) is 42.8 Å². The largest absolute Gasteiger partial charge is 0.306 e. The van der Waals surface area contributed by atoms with Crippen LogP contribution in [0.3, 0.4) is 0 Å².